The Labute approximate surface area is 172 Å². The van der Waals surface area contributed by atoms with Gasteiger partial charge in [-0.05, 0) is 23.8 Å². The predicted octanol–water partition coefficient (Wildman–Crippen LogP) is 2.54. The summed E-state index contributed by atoms with van der Waals surface area (Å²) in [6.07, 6.45) is 4.74. The number of rotatable bonds is 7. The summed E-state index contributed by atoms with van der Waals surface area (Å²) in [5.41, 5.74) is 2.00. The molecule has 0 spiro atoms. The normalized spacial score (nSPS) is 11.0. The number of nitrogens with one attached hydrogen (secondary N) is 1. The molecule has 1 amide bonds. The number of benzene rings is 2. The molecule has 30 heavy (non-hydrogen) atoms. The molecule has 0 saturated carbocycles. The molecular weight excluding hydrogens is 382 g/mol. The van der Waals surface area contributed by atoms with E-state index < -0.39 is 0 Å². The molecule has 0 bridgehead atoms. The summed E-state index contributed by atoms with van der Waals surface area (Å²) in [5, 5.41) is 8.13. The number of carbonyl (C=O) groups is 1. The summed E-state index contributed by atoms with van der Waals surface area (Å²) in [5.74, 6) is -0.276. The van der Waals surface area contributed by atoms with E-state index >= 15 is 0 Å². The maximum Gasteiger partial charge on any atom is 0.258 e. The minimum atomic E-state index is -0.276. The fraction of sp³-hybridized carbons (Fsp3) is 0.182. The minimum absolute atomic E-state index is 0.142. The van der Waals surface area contributed by atoms with Gasteiger partial charge in [-0.1, -0.05) is 30.3 Å². The molecule has 4 rings (SSSR count). The summed E-state index contributed by atoms with van der Waals surface area (Å²) in [6.45, 7) is 1.35. The smallest absolute Gasteiger partial charge is 0.258 e. The number of aromatic nitrogens is 4. The third-order valence-corrected chi connectivity index (χ3v) is 4.80. The van der Waals surface area contributed by atoms with E-state index in [9.17, 15) is 9.59 Å². The van der Waals surface area contributed by atoms with E-state index in [-0.39, 0.29) is 11.5 Å². The summed E-state index contributed by atoms with van der Waals surface area (Å²) in [6, 6.07) is 14.7. The summed E-state index contributed by atoms with van der Waals surface area (Å²) < 4.78 is 8.33. The van der Waals surface area contributed by atoms with Gasteiger partial charge >= 0.3 is 0 Å². The van der Waals surface area contributed by atoms with Gasteiger partial charge in [0.25, 0.3) is 11.5 Å². The molecule has 2 heterocycles. The quantitative estimate of drug-likeness (QED) is 0.512. The first-order valence-corrected chi connectivity index (χ1v) is 9.49. The van der Waals surface area contributed by atoms with Crippen LogP contribution in [-0.2, 0) is 17.8 Å². The van der Waals surface area contributed by atoms with Gasteiger partial charge in [0, 0.05) is 36.3 Å². The highest BCUT2D eigenvalue weighted by molar-refractivity contribution is 6.12. The van der Waals surface area contributed by atoms with Crippen molar-refractivity contribution in [2.24, 2.45) is 0 Å². The van der Waals surface area contributed by atoms with Gasteiger partial charge < -0.3 is 14.6 Å². The highest BCUT2D eigenvalue weighted by Gasteiger charge is 2.15. The Bertz CT molecular complexity index is 1210. The molecule has 0 fully saturated rings. The second-order valence-electron chi connectivity index (χ2n) is 6.82. The largest absolute Gasteiger partial charge is 0.383 e. The lowest BCUT2D eigenvalue weighted by atomic mass is 10.1. The maximum atomic E-state index is 13.0. The highest BCUT2D eigenvalue weighted by Crippen LogP contribution is 2.18. The number of fused-ring (bicyclic) bond motifs is 1. The predicted molar refractivity (Wildman–Crippen MR) is 114 cm³/mol. The van der Waals surface area contributed by atoms with E-state index in [0.29, 0.717) is 41.7 Å². The van der Waals surface area contributed by atoms with E-state index in [1.807, 2.05) is 30.3 Å². The van der Waals surface area contributed by atoms with Crippen LogP contribution in [-0.4, -0.2) is 39.0 Å². The SMILES string of the molecule is COCCn1cc(C(=O)Nc2ccc(Cn3cncn3)cc2)c2ccccc2c1=O. The first-order chi connectivity index (χ1) is 14.7. The molecule has 0 aliphatic rings. The highest BCUT2D eigenvalue weighted by atomic mass is 16.5. The van der Waals surface area contributed by atoms with Crippen molar-refractivity contribution in [2.75, 3.05) is 19.0 Å². The molecule has 0 saturated heterocycles. The topological polar surface area (TPSA) is 91.0 Å². The Balaban J connectivity index is 1.59. The van der Waals surface area contributed by atoms with Crippen molar-refractivity contribution < 1.29 is 9.53 Å². The molecule has 0 unspecified atom stereocenters. The number of anilines is 1. The van der Waals surface area contributed by atoms with Crippen molar-refractivity contribution >= 4 is 22.4 Å². The summed E-state index contributed by atoms with van der Waals surface area (Å²) in [4.78, 5) is 29.7. The van der Waals surface area contributed by atoms with Crippen molar-refractivity contribution in [1.82, 2.24) is 19.3 Å². The number of nitrogens with zero attached hydrogens (tertiary/aromatic N) is 4. The van der Waals surface area contributed by atoms with Gasteiger partial charge in [0.05, 0.1) is 18.7 Å². The van der Waals surface area contributed by atoms with Crippen molar-refractivity contribution in [3.63, 3.8) is 0 Å². The third kappa shape index (κ3) is 4.13. The zero-order valence-corrected chi connectivity index (χ0v) is 16.5. The van der Waals surface area contributed by atoms with Crippen LogP contribution in [0.4, 0.5) is 5.69 Å². The minimum Gasteiger partial charge on any atom is -0.383 e. The standard InChI is InChI=1S/C22H21N5O3/c1-30-11-10-26-13-20(18-4-2-3-5-19(18)22(26)29)21(28)25-17-8-6-16(7-9-17)12-27-15-23-14-24-27/h2-9,13-15H,10-12H2,1H3,(H,25,28). The van der Waals surface area contributed by atoms with Gasteiger partial charge in [0.1, 0.15) is 12.7 Å². The van der Waals surface area contributed by atoms with E-state index in [0.717, 1.165) is 5.56 Å². The molecule has 1 N–H and O–H groups in total. The number of carbonyl (C=O) groups excluding carboxylic acids is 1. The lowest BCUT2D eigenvalue weighted by Gasteiger charge is -2.13. The van der Waals surface area contributed by atoms with Crippen molar-refractivity contribution in [3.05, 3.63) is 88.9 Å². The zero-order chi connectivity index (χ0) is 20.9. The number of methoxy groups -OCH3 is 1. The molecule has 8 heteroatoms. The average molecular weight is 403 g/mol. The molecule has 2 aromatic carbocycles. The lowest BCUT2D eigenvalue weighted by Crippen LogP contribution is -2.25. The van der Waals surface area contributed by atoms with Gasteiger partial charge in [-0.2, -0.15) is 5.10 Å². The Morgan fingerprint density at radius 2 is 1.87 bits per heavy atom. The molecular formula is C22H21N5O3. The Morgan fingerprint density at radius 1 is 1.10 bits per heavy atom. The van der Waals surface area contributed by atoms with E-state index in [2.05, 4.69) is 15.4 Å². The third-order valence-electron chi connectivity index (χ3n) is 4.80. The van der Waals surface area contributed by atoms with E-state index in [1.54, 1.807) is 42.5 Å². The molecule has 8 nitrogen and oxygen atoms in total. The second-order valence-corrected chi connectivity index (χ2v) is 6.82. The zero-order valence-electron chi connectivity index (χ0n) is 16.5. The Kier molecular flexibility index (Phi) is 5.67. The Hall–Kier alpha value is -3.78. The van der Waals surface area contributed by atoms with Crippen LogP contribution in [0.15, 0.2) is 72.2 Å². The molecule has 0 aliphatic carbocycles. The number of pyridine rings is 1. The van der Waals surface area contributed by atoms with Gasteiger partial charge in [-0.3, -0.25) is 9.59 Å². The molecule has 4 aromatic rings. The van der Waals surface area contributed by atoms with Crippen LogP contribution in [0, 0.1) is 0 Å². The number of hydrogen-bond acceptors (Lipinski definition) is 5. The van der Waals surface area contributed by atoms with Crippen LogP contribution in [0.1, 0.15) is 15.9 Å². The van der Waals surface area contributed by atoms with Crippen LogP contribution in [0.25, 0.3) is 10.8 Å². The number of hydrogen-bond donors (Lipinski definition) is 1. The number of amides is 1. The van der Waals surface area contributed by atoms with Crippen LogP contribution >= 0.6 is 0 Å². The number of ether oxygens (including phenoxy) is 1. The Morgan fingerprint density at radius 3 is 2.57 bits per heavy atom. The van der Waals surface area contributed by atoms with Crippen LogP contribution in [0.5, 0.6) is 0 Å². The van der Waals surface area contributed by atoms with Gasteiger partial charge in [-0.15, -0.1) is 0 Å². The molecule has 2 aromatic heterocycles. The molecule has 0 radical (unpaired) electrons. The van der Waals surface area contributed by atoms with Gasteiger partial charge in [0.15, 0.2) is 0 Å². The molecule has 152 valence electrons. The summed E-state index contributed by atoms with van der Waals surface area (Å²) >= 11 is 0. The van der Waals surface area contributed by atoms with Crippen molar-refractivity contribution in [1.29, 1.82) is 0 Å². The maximum absolute atomic E-state index is 13.0. The lowest BCUT2D eigenvalue weighted by molar-refractivity contribution is 0.102. The van der Waals surface area contributed by atoms with Crippen LogP contribution < -0.4 is 10.9 Å². The van der Waals surface area contributed by atoms with Crippen LogP contribution in [0.3, 0.4) is 0 Å². The fourth-order valence-electron chi connectivity index (χ4n) is 3.27. The average Bonchev–Trinajstić information content (AvgIpc) is 3.28. The molecule has 0 atom stereocenters. The van der Waals surface area contributed by atoms with E-state index in [4.69, 9.17) is 4.74 Å². The van der Waals surface area contributed by atoms with Crippen LogP contribution in [0.2, 0.25) is 0 Å². The second kappa shape index (κ2) is 8.71. The first-order valence-electron chi connectivity index (χ1n) is 9.49. The monoisotopic (exact) mass is 403 g/mol. The molecule has 0 aliphatic heterocycles. The van der Waals surface area contributed by atoms with E-state index in [1.165, 1.54) is 10.9 Å². The van der Waals surface area contributed by atoms with Crippen molar-refractivity contribution in [2.45, 2.75) is 13.1 Å². The first kappa shape index (κ1) is 19.5. The fourth-order valence-corrected chi connectivity index (χ4v) is 3.27. The summed E-state index contributed by atoms with van der Waals surface area (Å²) in [7, 11) is 1.58. The van der Waals surface area contributed by atoms with Crippen molar-refractivity contribution in [3.8, 4) is 0 Å². The van der Waals surface area contributed by atoms with Gasteiger partial charge in [-0.25, -0.2) is 9.67 Å². The van der Waals surface area contributed by atoms with Gasteiger partial charge in [0.2, 0.25) is 0 Å².